The van der Waals surface area contributed by atoms with Crippen molar-refractivity contribution in [3.8, 4) is 11.5 Å². The van der Waals surface area contributed by atoms with Crippen molar-refractivity contribution in [3.05, 3.63) is 58.1 Å². The maximum atomic E-state index is 11.1. The summed E-state index contributed by atoms with van der Waals surface area (Å²) in [7, 11) is 0. The summed E-state index contributed by atoms with van der Waals surface area (Å²) in [6.07, 6.45) is 10.2. The van der Waals surface area contributed by atoms with Crippen LogP contribution in [0.4, 0.5) is 0 Å². The molecule has 1 N–H and O–H groups in total. The quantitative estimate of drug-likeness (QED) is 0.488. The molecule has 1 saturated heterocycles. The number of nitrogens with zero attached hydrogens (tertiary/aromatic N) is 1. The fourth-order valence-corrected chi connectivity index (χ4v) is 6.89. The lowest BCUT2D eigenvalue weighted by molar-refractivity contribution is -0.111. The predicted molar refractivity (Wildman–Crippen MR) is 143 cm³/mol. The average molecular weight is 525 g/mol. The van der Waals surface area contributed by atoms with Gasteiger partial charge in [-0.15, -0.1) is 0 Å². The lowest BCUT2D eigenvalue weighted by Crippen LogP contribution is -2.43. The van der Waals surface area contributed by atoms with E-state index in [-0.39, 0.29) is 12.2 Å². The molecule has 1 aliphatic carbocycles. The minimum Gasteiger partial charge on any atom is -0.448 e. The van der Waals surface area contributed by atoms with Gasteiger partial charge in [-0.2, -0.15) is 0 Å². The summed E-state index contributed by atoms with van der Waals surface area (Å²) in [6, 6.07) is 12.3. The lowest BCUT2D eigenvalue weighted by Gasteiger charge is -2.40. The molecule has 7 heteroatoms. The largest absolute Gasteiger partial charge is 0.448 e. The van der Waals surface area contributed by atoms with Gasteiger partial charge in [-0.1, -0.05) is 36.2 Å². The summed E-state index contributed by atoms with van der Waals surface area (Å²) in [5.74, 6) is 1.78. The number of likely N-dealkylation sites (tertiary alicyclic amines) is 1. The van der Waals surface area contributed by atoms with E-state index in [1.807, 2.05) is 18.2 Å². The number of carbonyl (C=O) groups excluding carboxylic acids is 1. The number of piperidine rings is 1. The minimum absolute atomic E-state index is 0.110. The zero-order chi connectivity index (χ0) is 25.2. The number of hydrogen-bond acceptors (Lipinski definition) is 5. The first-order valence-corrected chi connectivity index (χ1v) is 14.3. The molecule has 198 valence electrons. The molecule has 1 spiro atoms. The Balaban J connectivity index is 1.14. The first-order valence-electron chi connectivity index (χ1n) is 14.0. The van der Waals surface area contributed by atoms with Gasteiger partial charge in [0.15, 0.2) is 11.5 Å². The minimum atomic E-state index is -0.492. The van der Waals surface area contributed by atoms with E-state index in [4.69, 9.17) is 25.8 Å². The number of fused-ring (bicyclic) bond motifs is 3. The molecule has 2 aromatic carbocycles. The highest BCUT2D eigenvalue weighted by atomic mass is 35.5. The van der Waals surface area contributed by atoms with Gasteiger partial charge in [0.25, 0.3) is 5.79 Å². The van der Waals surface area contributed by atoms with Crippen LogP contribution >= 0.6 is 11.6 Å². The van der Waals surface area contributed by atoms with Crippen molar-refractivity contribution < 1.29 is 19.0 Å². The highest BCUT2D eigenvalue weighted by Gasteiger charge is 2.45. The molecule has 2 aromatic rings. The highest BCUT2D eigenvalue weighted by molar-refractivity contribution is 6.30. The Hall–Kier alpha value is -2.28. The number of benzene rings is 2. The fourth-order valence-electron chi connectivity index (χ4n) is 6.68. The third-order valence-corrected chi connectivity index (χ3v) is 8.94. The van der Waals surface area contributed by atoms with Crippen LogP contribution in [-0.4, -0.2) is 49.4 Å². The van der Waals surface area contributed by atoms with E-state index in [0.29, 0.717) is 12.5 Å². The van der Waals surface area contributed by atoms with Crippen molar-refractivity contribution in [2.24, 2.45) is 5.92 Å². The second-order valence-electron chi connectivity index (χ2n) is 11.1. The molecule has 0 unspecified atom stereocenters. The molecule has 1 amide bonds. The molecule has 2 fully saturated rings. The van der Waals surface area contributed by atoms with Gasteiger partial charge in [-0.05, 0) is 80.4 Å². The van der Waals surface area contributed by atoms with Gasteiger partial charge in [0.05, 0.1) is 6.10 Å². The van der Waals surface area contributed by atoms with Gasteiger partial charge in [-0.25, -0.2) is 0 Å². The smallest absolute Gasteiger partial charge is 0.251 e. The fraction of sp³-hybridized carbons (Fsp3) is 0.567. The summed E-state index contributed by atoms with van der Waals surface area (Å²) in [5.41, 5.74) is 3.64. The van der Waals surface area contributed by atoms with E-state index in [0.717, 1.165) is 99.5 Å². The predicted octanol–water partition coefficient (Wildman–Crippen LogP) is 5.45. The van der Waals surface area contributed by atoms with Gasteiger partial charge >= 0.3 is 0 Å². The first-order chi connectivity index (χ1) is 18.1. The van der Waals surface area contributed by atoms with Gasteiger partial charge in [0, 0.05) is 42.9 Å². The highest BCUT2D eigenvalue weighted by Crippen LogP contribution is 2.51. The summed E-state index contributed by atoms with van der Waals surface area (Å²) < 4.78 is 19.7. The monoisotopic (exact) mass is 524 g/mol. The molecule has 2 atom stereocenters. The van der Waals surface area contributed by atoms with Crippen molar-refractivity contribution in [1.29, 1.82) is 0 Å². The number of carbonyl (C=O) groups is 1. The zero-order valence-corrected chi connectivity index (χ0v) is 22.2. The third kappa shape index (κ3) is 5.34. The molecule has 1 saturated carbocycles. The van der Waals surface area contributed by atoms with Crippen LogP contribution in [-0.2, 0) is 22.4 Å². The van der Waals surface area contributed by atoms with Gasteiger partial charge < -0.3 is 24.4 Å². The van der Waals surface area contributed by atoms with Crippen molar-refractivity contribution in [2.45, 2.75) is 75.8 Å². The normalized spacial score (nSPS) is 25.1. The molecule has 37 heavy (non-hydrogen) atoms. The van der Waals surface area contributed by atoms with Crippen LogP contribution in [0.2, 0.25) is 5.02 Å². The molecule has 3 heterocycles. The van der Waals surface area contributed by atoms with Crippen molar-refractivity contribution in [2.75, 3.05) is 26.2 Å². The number of halogens is 1. The van der Waals surface area contributed by atoms with Crippen LogP contribution in [0.5, 0.6) is 11.5 Å². The SMILES string of the molecule is O=CNC[C@H]1O[C@@H](C2CCN(CCc3cccc(Cl)c3)CC2)Cc2c1ccc1c2OC2(CCCCC2)O1. The van der Waals surface area contributed by atoms with Crippen LogP contribution in [0.1, 0.15) is 67.7 Å². The standard InChI is InChI=1S/C30H37ClN2O4/c31-23-6-4-5-21(17-23)9-14-33-15-10-22(11-16-33)27-18-25-24(28(35-27)19-32-20-34)7-8-26-29(25)37-30(36-26)12-2-1-3-13-30/h4-8,17,20,22,27-28H,1-3,9-16,18-19H2,(H,32,34)/t27-,28-/m1/s1. The number of ether oxygens (including phenoxy) is 3. The van der Waals surface area contributed by atoms with Crippen LogP contribution in [0.25, 0.3) is 0 Å². The molecule has 0 bridgehead atoms. The number of nitrogens with one attached hydrogen (secondary N) is 1. The Labute approximate surface area is 224 Å². The van der Waals surface area contributed by atoms with Crippen molar-refractivity contribution in [3.63, 3.8) is 0 Å². The molecular formula is C30H37ClN2O4. The summed E-state index contributed by atoms with van der Waals surface area (Å²) in [5, 5.41) is 3.66. The topological polar surface area (TPSA) is 60.0 Å². The third-order valence-electron chi connectivity index (χ3n) is 8.70. The Morgan fingerprint density at radius 2 is 1.92 bits per heavy atom. The molecule has 3 aliphatic heterocycles. The Morgan fingerprint density at radius 3 is 2.70 bits per heavy atom. The Kier molecular flexibility index (Phi) is 7.33. The Bertz CT molecular complexity index is 1110. The first kappa shape index (κ1) is 25.0. The van der Waals surface area contributed by atoms with Gasteiger partial charge in [-0.3, -0.25) is 4.79 Å². The number of amides is 1. The average Bonchev–Trinajstić information content (AvgIpc) is 3.29. The summed E-state index contributed by atoms with van der Waals surface area (Å²) in [4.78, 5) is 13.7. The van der Waals surface area contributed by atoms with Crippen molar-refractivity contribution >= 4 is 18.0 Å². The van der Waals surface area contributed by atoms with E-state index >= 15 is 0 Å². The van der Waals surface area contributed by atoms with Crippen LogP contribution < -0.4 is 14.8 Å². The second kappa shape index (κ2) is 10.8. The molecule has 0 radical (unpaired) electrons. The van der Waals surface area contributed by atoms with E-state index in [1.54, 1.807) is 0 Å². The van der Waals surface area contributed by atoms with Gasteiger partial charge in [0.1, 0.15) is 6.10 Å². The zero-order valence-electron chi connectivity index (χ0n) is 21.4. The lowest BCUT2D eigenvalue weighted by atomic mass is 9.83. The van der Waals surface area contributed by atoms with Gasteiger partial charge in [0.2, 0.25) is 6.41 Å². The van der Waals surface area contributed by atoms with Crippen LogP contribution in [0.15, 0.2) is 36.4 Å². The summed E-state index contributed by atoms with van der Waals surface area (Å²) >= 11 is 6.16. The van der Waals surface area contributed by atoms with E-state index in [1.165, 1.54) is 17.5 Å². The molecule has 4 aliphatic rings. The Morgan fingerprint density at radius 1 is 1.08 bits per heavy atom. The van der Waals surface area contributed by atoms with E-state index in [2.05, 4.69) is 28.4 Å². The van der Waals surface area contributed by atoms with Crippen LogP contribution in [0.3, 0.4) is 0 Å². The van der Waals surface area contributed by atoms with Crippen molar-refractivity contribution in [1.82, 2.24) is 10.2 Å². The van der Waals surface area contributed by atoms with E-state index in [9.17, 15) is 4.79 Å². The number of rotatable bonds is 7. The maximum absolute atomic E-state index is 11.1. The number of hydrogen-bond donors (Lipinski definition) is 1. The molecule has 6 rings (SSSR count). The van der Waals surface area contributed by atoms with Crippen LogP contribution in [0, 0.1) is 5.92 Å². The molecular weight excluding hydrogens is 488 g/mol. The maximum Gasteiger partial charge on any atom is 0.251 e. The summed E-state index contributed by atoms with van der Waals surface area (Å²) in [6.45, 7) is 3.67. The van der Waals surface area contributed by atoms with E-state index < -0.39 is 5.79 Å². The molecule has 6 nitrogen and oxygen atoms in total. The second-order valence-corrected chi connectivity index (χ2v) is 11.5. The molecule has 0 aromatic heterocycles.